The van der Waals surface area contributed by atoms with Crippen molar-refractivity contribution >= 4 is 17.4 Å². The van der Waals surface area contributed by atoms with Crippen molar-refractivity contribution in [1.82, 2.24) is 10.1 Å². The molecule has 0 atom stereocenters. The number of aromatic hydroxyl groups is 1. The summed E-state index contributed by atoms with van der Waals surface area (Å²) in [4.78, 5) is 13.4. The van der Waals surface area contributed by atoms with Gasteiger partial charge in [0.1, 0.15) is 11.4 Å². The Morgan fingerprint density at radius 3 is 2.75 bits per heavy atom. The number of nitrogens with zero attached hydrogens (tertiary/aromatic N) is 2. The summed E-state index contributed by atoms with van der Waals surface area (Å²) >= 11 is 1.35. The highest BCUT2D eigenvalue weighted by Gasteiger charge is 2.36. The van der Waals surface area contributed by atoms with Crippen LogP contribution in [-0.2, 0) is 0 Å². The van der Waals surface area contributed by atoms with Gasteiger partial charge in [0.2, 0.25) is 4.80 Å². The minimum Gasteiger partial charge on any atom is -0.508 e. The van der Waals surface area contributed by atoms with Gasteiger partial charge in [0.15, 0.2) is 0 Å². The first-order chi connectivity index (χ1) is 11.5. The zero-order valence-corrected chi connectivity index (χ0v) is 14.3. The Kier molecular flexibility index (Phi) is 3.60. The first kappa shape index (κ1) is 15.3. The summed E-state index contributed by atoms with van der Waals surface area (Å²) < 4.78 is 2.19. The lowest BCUT2D eigenvalue weighted by Crippen LogP contribution is -2.62. The van der Waals surface area contributed by atoms with Gasteiger partial charge in [-0.2, -0.15) is 4.68 Å². The maximum Gasteiger partial charge on any atom is 0.289 e. The number of phenols is 1. The molecule has 2 aromatic rings. The van der Waals surface area contributed by atoms with E-state index in [1.54, 1.807) is 28.9 Å². The van der Waals surface area contributed by atoms with Crippen molar-refractivity contribution in [1.29, 1.82) is 0 Å². The van der Waals surface area contributed by atoms with Crippen LogP contribution in [0.25, 0.3) is 6.08 Å². The van der Waals surface area contributed by atoms with E-state index in [0.717, 1.165) is 37.2 Å². The van der Waals surface area contributed by atoms with Crippen molar-refractivity contribution in [3.05, 3.63) is 49.5 Å². The Labute approximate surface area is 143 Å². The minimum absolute atomic E-state index is 0.0775. The highest BCUT2D eigenvalue weighted by molar-refractivity contribution is 7.07. The molecule has 0 bridgehead atoms. The number of hydrogen-bond acceptors (Lipinski definition) is 6. The molecule has 1 aromatic heterocycles. The molecule has 1 spiro atoms. The van der Waals surface area contributed by atoms with Crippen LogP contribution in [0, 0.1) is 5.92 Å². The highest BCUT2D eigenvalue weighted by atomic mass is 32.1. The van der Waals surface area contributed by atoms with Crippen LogP contribution < -0.4 is 25.7 Å². The number of thiazole rings is 1. The van der Waals surface area contributed by atoms with E-state index >= 15 is 0 Å². The van der Waals surface area contributed by atoms with Crippen LogP contribution in [0.5, 0.6) is 5.75 Å². The standard InChI is InChI=1S/C17H20N4O2S/c1-11-6-8-17(9-7-11)19-18-16-21(20-17)15(23)14(24-16)10-12-2-4-13(22)5-3-12/h2-5,10-11,19-20,22H,6-9H2,1H3. The largest absolute Gasteiger partial charge is 0.508 e. The molecule has 3 N–H and O–H groups in total. The lowest BCUT2D eigenvalue weighted by Gasteiger charge is -2.41. The van der Waals surface area contributed by atoms with Gasteiger partial charge >= 0.3 is 0 Å². The summed E-state index contributed by atoms with van der Waals surface area (Å²) in [6.07, 6.45) is 5.98. The maximum atomic E-state index is 12.7. The second kappa shape index (κ2) is 5.66. The zero-order chi connectivity index (χ0) is 16.7. The molecule has 4 rings (SSSR count). The second-order valence-corrected chi connectivity index (χ2v) is 7.73. The molecule has 0 amide bonds. The van der Waals surface area contributed by atoms with Gasteiger partial charge in [-0.05, 0) is 55.4 Å². The topological polar surface area (TPSA) is 78.7 Å². The van der Waals surface area contributed by atoms with Crippen LogP contribution in [0.2, 0.25) is 0 Å². The predicted octanol–water partition coefficient (Wildman–Crippen LogP) is 1.03. The summed E-state index contributed by atoms with van der Waals surface area (Å²) in [7, 11) is 0. The molecule has 7 heteroatoms. The number of rotatable bonds is 1. The summed E-state index contributed by atoms with van der Waals surface area (Å²) in [5, 5.41) is 13.8. The molecule has 6 nitrogen and oxygen atoms in total. The van der Waals surface area contributed by atoms with E-state index in [2.05, 4.69) is 22.9 Å². The minimum atomic E-state index is -0.305. The van der Waals surface area contributed by atoms with E-state index in [-0.39, 0.29) is 17.0 Å². The molecule has 1 aliphatic carbocycles. The van der Waals surface area contributed by atoms with Crippen molar-refractivity contribution in [2.24, 2.45) is 11.0 Å². The molecule has 24 heavy (non-hydrogen) atoms. The molecule has 1 aliphatic heterocycles. The van der Waals surface area contributed by atoms with Crippen molar-refractivity contribution in [3.8, 4) is 5.75 Å². The normalized spacial score (nSPS) is 26.4. The van der Waals surface area contributed by atoms with Crippen LogP contribution in [0.15, 0.2) is 34.2 Å². The van der Waals surface area contributed by atoms with E-state index in [1.165, 1.54) is 11.3 Å². The molecule has 2 aliphatic rings. The lowest BCUT2D eigenvalue weighted by atomic mass is 9.83. The van der Waals surface area contributed by atoms with Crippen molar-refractivity contribution < 1.29 is 5.11 Å². The number of nitrogens with one attached hydrogen (secondary N) is 2. The summed E-state index contributed by atoms with van der Waals surface area (Å²) in [5.41, 5.74) is 7.10. The fourth-order valence-corrected chi connectivity index (χ4v) is 4.12. The summed E-state index contributed by atoms with van der Waals surface area (Å²) in [5.74, 6) is 0.932. The van der Waals surface area contributed by atoms with Crippen molar-refractivity contribution in [2.75, 3.05) is 5.43 Å². The molecule has 1 aromatic carbocycles. The maximum absolute atomic E-state index is 12.7. The second-order valence-electron chi connectivity index (χ2n) is 6.73. The van der Waals surface area contributed by atoms with E-state index in [9.17, 15) is 9.90 Å². The fourth-order valence-electron chi connectivity index (χ4n) is 3.24. The zero-order valence-electron chi connectivity index (χ0n) is 13.5. The number of aromatic nitrogens is 1. The Bertz CT molecular complexity index is 921. The van der Waals surface area contributed by atoms with Crippen LogP contribution in [0.3, 0.4) is 0 Å². The van der Waals surface area contributed by atoms with Gasteiger partial charge in [0.05, 0.1) is 4.53 Å². The third-order valence-corrected chi connectivity index (χ3v) is 5.79. The Morgan fingerprint density at radius 2 is 2.04 bits per heavy atom. The first-order valence-corrected chi connectivity index (χ1v) is 9.02. The molecule has 126 valence electrons. The number of hydrogen-bond donors (Lipinski definition) is 3. The third-order valence-electron chi connectivity index (χ3n) is 4.82. The number of fused-ring (bicyclic) bond motifs is 1. The van der Waals surface area contributed by atoms with Gasteiger partial charge in [0, 0.05) is 0 Å². The average molecular weight is 344 g/mol. The van der Waals surface area contributed by atoms with Crippen LogP contribution in [0.4, 0.5) is 0 Å². The van der Waals surface area contributed by atoms with Crippen LogP contribution >= 0.6 is 11.3 Å². The van der Waals surface area contributed by atoms with Crippen molar-refractivity contribution in [3.63, 3.8) is 0 Å². The van der Waals surface area contributed by atoms with Gasteiger partial charge in [-0.1, -0.05) is 30.4 Å². The van der Waals surface area contributed by atoms with E-state index in [1.807, 2.05) is 6.08 Å². The van der Waals surface area contributed by atoms with Crippen molar-refractivity contribution in [2.45, 2.75) is 38.3 Å². The predicted molar refractivity (Wildman–Crippen MR) is 93.9 cm³/mol. The van der Waals surface area contributed by atoms with Gasteiger partial charge in [-0.15, -0.1) is 5.10 Å². The SMILES string of the molecule is CC1CCC2(CC1)NN=c1sc(=Cc3ccc(O)cc3)c(=O)n1N2. The molecule has 0 unspecified atom stereocenters. The molecular weight excluding hydrogens is 324 g/mol. The van der Waals surface area contributed by atoms with Gasteiger partial charge < -0.3 is 5.11 Å². The van der Waals surface area contributed by atoms with Gasteiger partial charge in [-0.25, -0.2) is 0 Å². The molecule has 1 fully saturated rings. The Hall–Kier alpha value is -2.28. The molecule has 2 heterocycles. The molecular formula is C17H20N4O2S. The fraction of sp³-hybridized carbons (Fsp3) is 0.412. The van der Waals surface area contributed by atoms with E-state index in [4.69, 9.17) is 0 Å². The number of phenolic OH excluding ortho intramolecular Hbond substituents is 1. The van der Waals surface area contributed by atoms with Gasteiger partial charge in [0.25, 0.3) is 5.56 Å². The monoisotopic (exact) mass is 344 g/mol. The quantitative estimate of drug-likeness (QED) is 0.722. The lowest BCUT2D eigenvalue weighted by molar-refractivity contribution is 0.195. The highest BCUT2D eigenvalue weighted by Crippen LogP contribution is 2.31. The van der Waals surface area contributed by atoms with Crippen LogP contribution in [-0.4, -0.2) is 15.4 Å². The molecule has 0 saturated heterocycles. The summed E-state index contributed by atoms with van der Waals surface area (Å²) in [6.45, 7) is 2.26. The molecule has 1 saturated carbocycles. The Balaban J connectivity index is 1.70. The van der Waals surface area contributed by atoms with E-state index < -0.39 is 0 Å². The Morgan fingerprint density at radius 1 is 1.33 bits per heavy atom. The van der Waals surface area contributed by atoms with E-state index in [0.29, 0.717) is 9.33 Å². The smallest absolute Gasteiger partial charge is 0.289 e. The first-order valence-electron chi connectivity index (χ1n) is 8.20. The third kappa shape index (κ3) is 2.69. The number of benzene rings is 1. The van der Waals surface area contributed by atoms with Crippen LogP contribution in [0.1, 0.15) is 38.2 Å². The molecule has 0 radical (unpaired) electrons. The van der Waals surface area contributed by atoms with Gasteiger partial charge in [-0.3, -0.25) is 15.6 Å². The summed E-state index contributed by atoms with van der Waals surface area (Å²) in [6, 6.07) is 6.79. The average Bonchev–Trinajstić information content (AvgIpc) is 2.89.